The Labute approximate surface area is 166 Å². The molecule has 0 amide bonds. The lowest BCUT2D eigenvalue weighted by Gasteiger charge is -2.16. The molecule has 0 radical (unpaired) electrons. The zero-order valence-corrected chi connectivity index (χ0v) is 16.7. The van der Waals surface area contributed by atoms with Gasteiger partial charge in [0.1, 0.15) is 5.75 Å². The summed E-state index contributed by atoms with van der Waals surface area (Å²) in [4.78, 5) is 0.490. The molecule has 0 aromatic heterocycles. The number of methoxy groups -OCH3 is 3. The van der Waals surface area contributed by atoms with Crippen LogP contribution in [0.5, 0.6) is 17.2 Å². The number of hydrogen-bond donors (Lipinski definition) is 2. The molecule has 2 aromatic rings. The van der Waals surface area contributed by atoms with E-state index in [4.69, 9.17) is 26.4 Å². The number of rotatable bonds is 8. The largest absolute Gasteiger partial charge is 0.496 e. The standard InChI is InChI=1S/C18H20F2N2O3S2/c1-23-14-9-16(25-3)15(24-2)8-11(14)10-21-18(26)22-12-4-6-13(7-5-12)27-17(19)20/h4-9,17H,10H2,1-3H3,(H2,21,22,26). The lowest BCUT2D eigenvalue weighted by atomic mass is 10.1. The van der Waals surface area contributed by atoms with E-state index in [9.17, 15) is 8.78 Å². The van der Waals surface area contributed by atoms with Gasteiger partial charge in [-0.05, 0) is 42.5 Å². The Morgan fingerprint density at radius 3 is 2.15 bits per heavy atom. The summed E-state index contributed by atoms with van der Waals surface area (Å²) in [6.07, 6.45) is 0. The van der Waals surface area contributed by atoms with E-state index in [1.165, 1.54) is 0 Å². The molecule has 0 fully saturated rings. The number of nitrogens with one attached hydrogen (secondary N) is 2. The molecule has 9 heteroatoms. The van der Waals surface area contributed by atoms with Gasteiger partial charge in [0, 0.05) is 28.8 Å². The fourth-order valence-corrected chi connectivity index (χ4v) is 2.99. The number of hydrogen-bond acceptors (Lipinski definition) is 5. The summed E-state index contributed by atoms with van der Waals surface area (Å²) >= 11 is 5.78. The minimum Gasteiger partial charge on any atom is -0.496 e. The highest BCUT2D eigenvalue weighted by molar-refractivity contribution is 7.99. The van der Waals surface area contributed by atoms with Crippen LogP contribution in [0.4, 0.5) is 14.5 Å². The van der Waals surface area contributed by atoms with Gasteiger partial charge in [-0.2, -0.15) is 8.78 Å². The first-order valence-corrected chi connectivity index (χ1v) is 9.14. The van der Waals surface area contributed by atoms with Gasteiger partial charge in [0.05, 0.1) is 21.3 Å². The number of thioether (sulfide) groups is 1. The monoisotopic (exact) mass is 414 g/mol. The zero-order chi connectivity index (χ0) is 19.8. The van der Waals surface area contributed by atoms with Crippen LogP contribution in [0.15, 0.2) is 41.3 Å². The minimum absolute atomic E-state index is 0.390. The third kappa shape index (κ3) is 6.14. The molecular formula is C18H20F2N2O3S2. The third-order valence-corrected chi connectivity index (χ3v) is 4.53. The molecule has 0 aliphatic rings. The topological polar surface area (TPSA) is 51.8 Å². The Hall–Kier alpha value is -2.26. The minimum atomic E-state index is -2.44. The summed E-state index contributed by atoms with van der Waals surface area (Å²) in [6.45, 7) is 0.397. The van der Waals surface area contributed by atoms with E-state index in [0.29, 0.717) is 51.3 Å². The van der Waals surface area contributed by atoms with Crippen molar-refractivity contribution in [1.29, 1.82) is 0 Å². The fourth-order valence-electron chi connectivity index (χ4n) is 2.30. The molecule has 146 valence electrons. The predicted octanol–water partition coefficient (Wildman–Crippen LogP) is 4.51. The van der Waals surface area contributed by atoms with Gasteiger partial charge >= 0.3 is 0 Å². The van der Waals surface area contributed by atoms with Crippen molar-refractivity contribution in [2.75, 3.05) is 26.6 Å². The molecular weight excluding hydrogens is 394 g/mol. The first kappa shape index (κ1) is 21.0. The molecule has 2 rings (SSSR count). The first-order valence-electron chi connectivity index (χ1n) is 7.85. The average Bonchev–Trinajstić information content (AvgIpc) is 2.66. The second kappa shape index (κ2) is 10.2. The molecule has 0 unspecified atom stereocenters. The van der Waals surface area contributed by atoms with Crippen LogP contribution >= 0.6 is 24.0 Å². The quantitative estimate of drug-likeness (QED) is 0.487. The molecule has 0 spiro atoms. The molecule has 27 heavy (non-hydrogen) atoms. The smallest absolute Gasteiger partial charge is 0.288 e. The van der Waals surface area contributed by atoms with E-state index in [-0.39, 0.29) is 0 Å². The fraction of sp³-hybridized carbons (Fsp3) is 0.278. The SMILES string of the molecule is COc1cc(OC)c(OC)cc1CNC(=S)Nc1ccc(SC(F)F)cc1. The van der Waals surface area contributed by atoms with Crippen LogP contribution in [-0.2, 0) is 6.54 Å². The zero-order valence-electron chi connectivity index (χ0n) is 15.0. The average molecular weight is 414 g/mol. The summed E-state index contributed by atoms with van der Waals surface area (Å²) in [5.74, 6) is -0.652. The normalized spacial score (nSPS) is 10.4. The van der Waals surface area contributed by atoms with Gasteiger partial charge in [-0.15, -0.1) is 0 Å². The van der Waals surface area contributed by atoms with Gasteiger partial charge in [0.2, 0.25) is 0 Å². The highest BCUT2D eigenvalue weighted by Crippen LogP contribution is 2.34. The van der Waals surface area contributed by atoms with Crippen molar-refractivity contribution in [3.63, 3.8) is 0 Å². The van der Waals surface area contributed by atoms with Crippen LogP contribution in [0, 0.1) is 0 Å². The van der Waals surface area contributed by atoms with E-state index in [0.717, 1.165) is 5.56 Å². The maximum absolute atomic E-state index is 12.3. The summed E-state index contributed by atoms with van der Waals surface area (Å²) < 4.78 is 40.6. The molecule has 0 saturated heterocycles. The van der Waals surface area contributed by atoms with Gasteiger partial charge in [-0.1, -0.05) is 11.8 Å². The summed E-state index contributed by atoms with van der Waals surface area (Å²) in [6, 6.07) is 10.2. The Morgan fingerprint density at radius 1 is 1.00 bits per heavy atom. The van der Waals surface area contributed by atoms with Crippen molar-refractivity contribution in [2.24, 2.45) is 0 Å². The lowest BCUT2D eigenvalue weighted by Crippen LogP contribution is -2.28. The van der Waals surface area contributed by atoms with Crippen molar-refractivity contribution >= 4 is 34.8 Å². The van der Waals surface area contributed by atoms with Crippen molar-refractivity contribution in [2.45, 2.75) is 17.2 Å². The third-order valence-electron chi connectivity index (χ3n) is 3.56. The Bertz CT molecular complexity index is 774. The van der Waals surface area contributed by atoms with Crippen LogP contribution in [0.1, 0.15) is 5.56 Å². The van der Waals surface area contributed by atoms with Crippen molar-refractivity contribution in [3.8, 4) is 17.2 Å². The molecule has 2 aromatic carbocycles. The lowest BCUT2D eigenvalue weighted by molar-refractivity contribution is 0.252. The van der Waals surface area contributed by atoms with Gasteiger partial charge in [-0.25, -0.2) is 0 Å². The van der Waals surface area contributed by atoms with Gasteiger partial charge in [0.25, 0.3) is 5.76 Å². The second-order valence-corrected chi connectivity index (χ2v) is 6.70. The van der Waals surface area contributed by atoms with Crippen LogP contribution in [0.3, 0.4) is 0 Å². The summed E-state index contributed by atoms with van der Waals surface area (Å²) in [5.41, 5.74) is 1.54. The predicted molar refractivity (Wildman–Crippen MR) is 107 cm³/mol. The maximum atomic E-state index is 12.3. The first-order chi connectivity index (χ1) is 13.0. The molecule has 0 aliphatic carbocycles. The van der Waals surface area contributed by atoms with E-state index < -0.39 is 5.76 Å². The van der Waals surface area contributed by atoms with Crippen LogP contribution in [-0.4, -0.2) is 32.2 Å². The highest BCUT2D eigenvalue weighted by atomic mass is 32.2. The Morgan fingerprint density at radius 2 is 1.59 bits per heavy atom. The van der Waals surface area contributed by atoms with Crippen molar-refractivity contribution in [3.05, 3.63) is 42.0 Å². The van der Waals surface area contributed by atoms with Gasteiger partial charge in [-0.3, -0.25) is 0 Å². The van der Waals surface area contributed by atoms with E-state index in [1.807, 2.05) is 6.07 Å². The van der Waals surface area contributed by atoms with Crippen molar-refractivity contribution in [1.82, 2.24) is 5.32 Å². The second-order valence-electron chi connectivity index (χ2n) is 5.23. The van der Waals surface area contributed by atoms with Crippen LogP contribution < -0.4 is 24.8 Å². The molecule has 0 heterocycles. The molecule has 0 bridgehead atoms. The Kier molecular flexibility index (Phi) is 7.93. The molecule has 5 nitrogen and oxygen atoms in total. The summed E-state index contributed by atoms with van der Waals surface area (Å²) in [5, 5.41) is 6.47. The number of ether oxygens (including phenoxy) is 3. The van der Waals surface area contributed by atoms with E-state index in [1.54, 1.807) is 51.7 Å². The Balaban J connectivity index is 1.98. The summed E-state index contributed by atoms with van der Waals surface area (Å²) in [7, 11) is 4.68. The maximum Gasteiger partial charge on any atom is 0.288 e. The number of benzene rings is 2. The van der Waals surface area contributed by atoms with E-state index >= 15 is 0 Å². The van der Waals surface area contributed by atoms with Gasteiger partial charge in [0.15, 0.2) is 16.6 Å². The van der Waals surface area contributed by atoms with Crippen LogP contribution in [0.25, 0.3) is 0 Å². The molecule has 0 atom stereocenters. The number of alkyl halides is 2. The number of thiocarbonyl (C=S) groups is 1. The molecule has 0 saturated carbocycles. The number of anilines is 1. The van der Waals surface area contributed by atoms with Crippen LogP contribution in [0.2, 0.25) is 0 Å². The van der Waals surface area contributed by atoms with Gasteiger partial charge < -0.3 is 24.8 Å². The molecule has 2 N–H and O–H groups in total. The molecule has 0 aliphatic heterocycles. The van der Waals surface area contributed by atoms with E-state index in [2.05, 4.69) is 10.6 Å². The van der Waals surface area contributed by atoms with Crippen molar-refractivity contribution < 1.29 is 23.0 Å². The number of halogens is 2. The highest BCUT2D eigenvalue weighted by Gasteiger charge is 2.12.